The van der Waals surface area contributed by atoms with Crippen LogP contribution in [0.1, 0.15) is 20.8 Å². The molecule has 0 aromatic rings. The quantitative estimate of drug-likeness (QED) is 0.514. The van der Waals surface area contributed by atoms with Crippen LogP contribution in [0, 0.1) is 5.41 Å². The van der Waals surface area contributed by atoms with Crippen LogP contribution in [0.4, 0.5) is 0 Å². The second-order valence-electron chi connectivity index (χ2n) is 3.05. The smallest absolute Gasteiger partial charge is 0.159 e. The predicted molar refractivity (Wildman–Crippen MR) is 38.9 cm³/mol. The monoisotopic (exact) mass is 127 g/mol. The van der Waals surface area contributed by atoms with Crippen LogP contribution in [-0.2, 0) is 4.79 Å². The van der Waals surface area contributed by atoms with Crippen molar-refractivity contribution in [3.8, 4) is 0 Å². The summed E-state index contributed by atoms with van der Waals surface area (Å²) in [7, 11) is 0. The molecule has 0 aromatic heterocycles. The Bertz CT molecular complexity index is 121. The lowest BCUT2D eigenvalue weighted by molar-refractivity contribution is -0.124. The van der Waals surface area contributed by atoms with Crippen molar-refractivity contribution in [2.24, 2.45) is 10.4 Å². The molecule has 0 N–H and O–H groups in total. The Kier molecular flexibility index (Phi) is 2.56. The predicted octanol–water partition coefficient (Wildman–Crippen LogP) is 1.30. The van der Waals surface area contributed by atoms with Crippen molar-refractivity contribution < 1.29 is 4.79 Å². The minimum atomic E-state index is -0.263. The lowest BCUT2D eigenvalue weighted by Gasteiger charge is -2.13. The van der Waals surface area contributed by atoms with Crippen LogP contribution in [0.5, 0.6) is 0 Å². The fourth-order valence-electron chi connectivity index (χ4n) is 0.339. The van der Waals surface area contributed by atoms with Gasteiger partial charge < -0.3 is 0 Å². The van der Waals surface area contributed by atoms with E-state index in [2.05, 4.69) is 11.7 Å². The Morgan fingerprint density at radius 2 is 2.00 bits per heavy atom. The third-order valence-electron chi connectivity index (χ3n) is 1.09. The van der Waals surface area contributed by atoms with Crippen molar-refractivity contribution in [3.05, 3.63) is 0 Å². The standard InChI is InChI=1S/C7H13NO/c1-7(2,3)6(9)5-8-4/h4-5H2,1-3H3. The van der Waals surface area contributed by atoms with Crippen molar-refractivity contribution in [1.82, 2.24) is 0 Å². The molecule has 0 saturated carbocycles. The number of carbonyl (C=O) groups is 1. The molecule has 0 bridgehead atoms. The van der Waals surface area contributed by atoms with Gasteiger partial charge in [0.1, 0.15) is 0 Å². The largest absolute Gasteiger partial charge is 0.297 e. The number of ketones is 1. The number of hydrogen-bond acceptors (Lipinski definition) is 2. The Labute approximate surface area is 56.0 Å². The second kappa shape index (κ2) is 2.76. The highest BCUT2D eigenvalue weighted by molar-refractivity contribution is 5.85. The summed E-state index contributed by atoms with van der Waals surface area (Å²) in [6, 6.07) is 0. The van der Waals surface area contributed by atoms with Gasteiger partial charge in [-0.05, 0) is 6.72 Å². The summed E-state index contributed by atoms with van der Waals surface area (Å²) in [5.74, 6) is 0.137. The highest BCUT2D eigenvalue weighted by Crippen LogP contribution is 2.13. The van der Waals surface area contributed by atoms with Crippen LogP contribution in [0.15, 0.2) is 4.99 Å². The molecular weight excluding hydrogens is 114 g/mol. The fourth-order valence-corrected chi connectivity index (χ4v) is 0.339. The average Bonchev–Trinajstić information content (AvgIpc) is 1.64. The minimum absolute atomic E-state index is 0.137. The lowest BCUT2D eigenvalue weighted by Crippen LogP contribution is -2.22. The van der Waals surface area contributed by atoms with Crippen LogP contribution in [0.25, 0.3) is 0 Å². The third-order valence-corrected chi connectivity index (χ3v) is 1.09. The number of hydrogen-bond donors (Lipinski definition) is 0. The molecule has 0 fully saturated rings. The summed E-state index contributed by atoms with van der Waals surface area (Å²) in [5, 5.41) is 0. The molecule has 0 spiro atoms. The molecule has 2 nitrogen and oxygen atoms in total. The van der Waals surface area contributed by atoms with Gasteiger partial charge in [-0.2, -0.15) is 0 Å². The van der Waals surface area contributed by atoms with E-state index in [1.807, 2.05) is 20.8 Å². The zero-order valence-electron chi connectivity index (χ0n) is 6.27. The molecule has 0 aliphatic rings. The first kappa shape index (κ1) is 8.34. The number of nitrogens with zero attached hydrogens (tertiary/aromatic N) is 1. The Morgan fingerprint density at radius 3 is 2.11 bits per heavy atom. The van der Waals surface area contributed by atoms with Gasteiger partial charge in [0.05, 0.1) is 6.54 Å². The first-order valence-corrected chi connectivity index (χ1v) is 2.94. The summed E-state index contributed by atoms with van der Waals surface area (Å²) in [6.07, 6.45) is 0. The Hall–Kier alpha value is -0.660. The van der Waals surface area contributed by atoms with Gasteiger partial charge in [-0.25, -0.2) is 0 Å². The molecule has 2 heteroatoms. The molecule has 9 heavy (non-hydrogen) atoms. The molecule has 0 amide bonds. The first-order valence-electron chi connectivity index (χ1n) is 2.94. The van der Waals surface area contributed by atoms with Gasteiger partial charge in [0.25, 0.3) is 0 Å². The van der Waals surface area contributed by atoms with Crippen LogP contribution in [0.2, 0.25) is 0 Å². The van der Waals surface area contributed by atoms with Gasteiger partial charge >= 0.3 is 0 Å². The van der Waals surface area contributed by atoms with E-state index in [9.17, 15) is 4.79 Å². The van der Waals surface area contributed by atoms with Crippen molar-refractivity contribution in [2.75, 3.05) is 6.54 Å². The summed E-state index contributed by atoms with van der Waals surface area (Å²) in [6.45, 7) is 9.11. The van der Waals surface area contributed by atoms with Crippen LogP contribution in [0.3, 0.4) is 0 Å². The average molecular weight is 127 g/mol. The van der Waals surface area contributed by atoms with Crippen LogP contribution in [-0.4, -0.2) is 19.0 Å². The van der Waals surface area contributed by atoms with Crippen LogP contribution < -0.4 is 0 Å². The molecule has 0 aliphatic heterocycles. The van der Waals surface area contributed by atoms with E-state index in [0.717, 1.165) is 0 Å². The van der Waals surface area contributed by atoms with E-state index in [1.165, 1.54) is 0 Å². The molecular formula is C7H13NO. The number of rotatable bonds is 2. The zero-order valence-corrected chi connectivity index (χ0v) is 6.27. The van der Waals surface area contributed by atoms with Crippen LogP contribution >= 0.6 is 0 Å². The Balaban J connectivity index is 3.88. The second-order valence-corrected chi connectivity index (χ2v) is 3.05. The van der Waals surface area contributed by atoms with Gasteiger partial charge in [0, 0.05) is 5.41 Å². The molecule has 0 radical (unpaired) electrons. The molecule has 0 aliphatic carbocycles. The number of Topliss-reactive ketones (excluding diaryl/α,β-unsaturated/α-hetero) is 1. The maximum absolute atomic E-state index is 10.9. The van der Waals surface area contributed by atoms with Crippen molar-refractivity contribution in [2.45, 2.75) is 20.8 Å². The summed E-state index contributed by atoms with van der Waals surface area (Å²) in [5.41, 5.74) is -0.263. The van der Waals surface area contributed by atoms with Gasteiger partial charge in [-0.1, -0.05) is 20.8 Å². The van der Waals surface area contributed by atoms with E-state index in [4.69, 9.17) is 0 Å². The maximum atomic E-state index is 10.9. The maximum Gasteiger partial charge on any atom is 0.159 e. The molecule has 0 heterocycles. The van der Waals surface area contributed by atoms with Crippen molar-refractivity contribution in [1.29, 1.82) is 0 Å². The third kappa shape index (κ3) is 3.01. The molecule has 0 saturated heterocycles. The SMILES string of the molecule is C=NCC(=O)C(C)(C)C. The summed E-state index contributed by atoms with van der Waals surface area (Å²) >= 11 is 0. The van der Waals surface area contributed by atoms with E-state index in [-0.39, 0.29) is 17.7 Å². The molecule has 0 unspecified atom stereocenters. The Morgan fingerprint density at radius 1 is 1.56 bits per heavy atom. The number of aliphatic imine (C=N–C) groups is 1. The highest BCUT2D eigenvalue weighted by atomic mass is 16.1. The van der Waals surface area contributed by atoms with Crippen molar-refractivity contribution in [3.63, 3.8) is 0 Å². The minimum Gasteiger partial charge on any atom is -0.297 e. The van der Waals surface area contributed by atoms with E-state index < -0.39 is 0 Å². The lowest BCUT2D eigenvalue weighted by atomic mass is 9.91. The molecule has 0 aromatic carbocycles. The molecule has 0 atom stereocenters. The van der Waals surface area contributed by atoms with Gasteiger partial charge in [-0.3, -0.25) is 9.79 Å². The highest BCUT2D eigenvalue weighted by Gasteiger charge is 2.19. The molecule has 52 valence electrons. The first-order chi connectivity index (χ1) is 3.98. The van der Waals surface area contributed by atoms with E-state index >= 15 is 0 Å². The topological polar surface area (TPSA) is 29.4 Å². The summed E-state index contributed by atoms with van der Waals surface area (Å²) < 4.78 is 0. The van der Waals surface area contributed by atoms with Gasteiger partial charge in [-0.15, -0.1) is 0 Å². The van der Waals surface area contributed by atoms with E-state index in [1.54, 1.807) is 0 Å². The van der Waals surface area contributed by atoms with Crippen molar-refractivity contribution >= 4 is 12.5 Å². The van der Waals surface area contributed by atoms with E-state index in [0.29, 0.717) is 0 Å². The normalized spacial score (nSPS) is 11.0. The number of carbonyl (C=O) groups excluding carboxylic acids is 1. The van der Waals surface area contributed by atoms with Gasteiger partial charge in [0.15, 0.2) is 5.78 Å². The molecule has 0 rings (SSSR count). The summed E-state index contributed by atoms with van der Waals surface area (Å²) in [4.78, 5) is 14.4. The zero-order chi connectivity index (χ0) is 7.49. The van der Waals surface area contributed by atoms with Gasteiger partial charge in [0.2, 0.25) is 0 Å². The fraction of sp³-hybridized carbons (Fsp3) is 0.714.